The van der Waals surface area contributed by atoms with Gasteiger partial charge in [-0.3, -0.25) is 4.79 Å². The Labute approximate surface area is 139 Å². The van der Waals surface area contributed by atoms with Crippen molar-refractivity contribution in [2.24, 2.45) is 0 Å². The lowest BCUT2D eigenvalue weighted by Crippen LogP contribution is -2.22. The van der Waals surface area contributed by atoms with Crippen LogP contribution < -0.4 is 0 Å². The van der Waals surface area contributed by atoms with Crippen molar-refractivity contribution in [2.45, 2.75) is 51.0 Å². The van der Waals surface area contributed by atoms with Crippen molar-refractivity contribution < 1.29 is 9.90 Å². The second-order valence-corrected chi connectivity index (χ2v) is 6.37. The van der Waals surface area contributed by atoms with Gasteiger partial charge in [0.25, 0.3) is 0 Å². The molecule has 0 bridgehead atoms. The SMILES string of the molecule is C[C@](O)(CCC(=O)CCCCc1ccccc1)c1ccccc1. The highest BCUT2D eigenvalue weighted by molar-refractivity contribution is 5.78. The number of unbranched alkanes of at least 4 members (excludes halogenated alkanes) is 1. The molecule has 0 unspecified atom stereocenters. The maximum atomic E-state index is 12.0. The first-order valence-electron chi connectivity index (χ1n) is 8.41. The van der Waals surface area contributed by atoms with Gasteiger partial charge in [-0.15, -0.1) is 0 Å². The van der Waals surface area contributed by atoms with Crippen LogP contribution in [-0.4, -0.2) is 10.9 Å². The fraction of sp³-hybridized carbons (Fsp3) is 0.381. The predicted molar refractivity (Wildman–Crippen MR) is 94.3 cm³/mol. The molecule has 0 heterocycles. The maximum Gasteiger partial charge on any atom is 0.133 e. The third-order valence-corrected chi connectivity index (χ3v) is 4.30. The topological polar surface area (TPSA) is 37.3 Å². The van der Waals surface area contributed by atoms with Crippen molar-refractivity contribution in [1.29, 1.82) is 0 Å². The van der Waals surface area contributed by atoms with Crippen LogP contribution in [0, 0.1) is 0 Å². The van der Waals surface area contributed by atoms with Gasteiger partial charge in [0.15, 0.2) is 0 Å². The van der Waals surface area contributed by atoms with E-state index in [-0.39, 0.29) is 5.78 Å². The molecule has 1 atom stereocenters. The van der Waals surface area contributed by atoms with E-state index in [4.69, 9.17) is 0 Å². The molecule has 0 fully saturated rings. The average molecular weight is 310 g/mol. The Hall–Kier alpha value is -1.93. The second-order valence-electron chi connectivity index (χ2n) is 6.37. The number of ketones is 1. The van der Waals surface area contributed by atoms with Gasteiger partial charge in [0.05, 0.1) is 5.60 Å². The van der Waals surface area contributed by atoms with Gasteiger partial charge in [0.2, 0.25) is 0 Å². The highest BCUT2D eigenvalue weighted by Crippen LogP contribution is 2.26. The quantitative estimate of drug-likeness (QED) is 0.684. The van der Waals surface area contributed by atoms with Gasteiger partial charge in [-0.2, -0.15) is 0 Å². The van der Waals surface area contributed by atoms with Crippen LogP contribution in [0.5, 0.6) is 0 Å². The van der Waals surface area contributed by atoms with Crippen LogP contribution in [0.25, 0.3) is 0 Å². The first kappa shape index (κ1) is 17.4. The van der Waals surface area contributed by atoms with Gasteiger partial charge < -0.3 is 5.11 Å². The maximum absolute atomic E-state index is 12.0. The zero-order valence-electron chi connectivity index (χ0n) is 13.9. The predicted octanol–water partition coefficient (Wildman–Crippen LogP) is 4.66. The summed E-state index contributed by atoms with van der Waals surface area (Å²) in [5.41, 5.74) is 1.27. The molecule has 0 radical (unpaired) electrons. The van der Waals surface area contributed by atoms with Crippen LogP contribution in [0.15, 0.2) is 60.7 Å². The third-order valence-electron chi connectivity index (χ3n) is 4.30. The van der Waals surface area contributed by atoms with Gasteiger partial charge in [0, 0.05) is 12.8 Å². The molecule has 0 amide bonds. The first-order chi connectivity index (χ1) is 11.1. The number of Topliss-reactive ketones (excluding diaryl/α,β-unsaturated/α-hetero) is 1. The Morgan fingerprint density at radius 3 is 2.17 bits per heavy atom. The molecule has 0 saturated carbocycles. The summed E-state index contributed by atoms with van der Waals surface area (Å²) in [5, 5.41) is 10.5. The molecule has 2 aromatic carbocycles. The summed E-state index contributed by atoms with van der Waals surface area (Å²) in [4.78, 5) is 12.0. The number of aliphatic hydroxyl groups is 1. The zero-order chi connectivity index (χ0) is 16.5. The number of hydrogen-bond acceptors (Lipinski definition) is 2. The Kier molecular flexibility index (Phi) is 6.54. The molecule has 1 N–H and O–H groups in total. The minimum Gasteiger partial charge on any atom is -0.385 e. The minimum absolute atomic E-state index is 0.245. The summed E-state index contributed by atoms with van der Waals surface area (Å²) >= 11 is 0. The number of benzene rings is 2. The molecule has 2 aromatic rings. The van der Waals surface area contributed by atoms with E-state index in [1.165, 1.54) is 5.56 Å². The van der Waals surface area contributed by atoms with E-state index in [2.05, 4.69) is 12.1 Å². The highest BCUT2D eigenvalue weighted by Gasteiger charge is 2.23. The van der Waals surface area contributed by atoms with E-state index >= 15 is 0 Å². The Morgan fingerprint density at radius 2 is 1.52 bits per heavy atom. The van der Waals surface area contributed by atoms with Crippen molar-refractivity contribution >= 4 is 5.78 Å². The largest absolute Gasteiger partial charge is 0.385 e. The average Bonchev–Trinajstić information content (AvgIpc) is 2.59. The molecule has 0 aromatic heterocycles. The molecular weight excluding hydrogens is 284 g/mol. The van der Waals surface area contributed by atoms with Crippen LogP contribution in [0.1, 0.15) is 50.2 Å². The van der Waals surface area contributed by atoms with E-state index < -0.39 is 5.60 Å². The number of aryl methyl sites for hydroxylation is 1. The Balaban J connectivity index is 1.67. The molecule has 122 valence electrons. The lowest BCUT2D eigenvalue weighted by Gasteiger charge is -2.23. The standard InChI is InChI=1S/C21H26O2/c1-21(23,19-13-6-3-7-14-19)17-16-20(22)15-9-8-12-18-10-4-2-5-11-18/h2-7,10-11,13-14,23H,8-9,12,15-17H2,1H3/t21-/m0/s1. The second kappa shape index (κ2) is 8.64. The van der Waals surface area contributed by atoms with E-state index in [1.54, 1.807) is 6.92 Å². The molecule has 0 aliphatic rings. The van der Waals surface area contributed by atoms with Crippen molar-refractivity contribution in [2.75, 3.05) is 0 Å². The fourth-order valence-corrected chi connectivity index (χ4v) is 2.75. The number of hydrogen-bond donors (Lipinski definition) is 1. The van der Waals surface area contributed by atoms with E-state index in [0.29, 0.717) is 19.3 Å². The minimum atomic E-state index is -0.930. The van der Waals surface area contributed by atoms with Gasteiger partial charge >= 0.3 is 0 Å². The zero-order valence-corrected chi connectivity index (χ0v) is 13.9. The summed E-state index contributed by atoms with van der Waals surface area (Å²) in [6.45, 7) is 1.78. The molecule has 0 saturated heterocycles. The van der Waals surface area contributed by atoms with Gasteiger partial charge in [-0.25, -0.2) is 0 Å². The monoisotopic (exact) mass is 310 g/mol. The van der Waals surface area contributed by atoms with E-state index in [9.17, 15) is 9.90 Å². The van der Waals surface area contributed by atoms with Gasteiger partial charge in [-0.1, -0.05) is 60.7 Å². The summed E-state index contributed by atoms with van der Waals surface area (Å²) in [7, 11) is 0. The number of rotatable bonds is 9. The van der Waals surface area contributed by atoms with Gasteiger partial charge in [-0.05, 0) is 43.7 Å². The van der Waals surface area contributed by atoms with Crippen LogP contribution in [0.3, 0.4) is 0 Å². The fourth-order valence-electron chi connectivity index (χ4n) is 2.75. The van der Waals surface area contributed by atoms with Crippen LogP contribution in [0.4, 0.5) is 0 Å². The Morgan fingerprint density at radius 1 is 0.913 bits per heavy atom. The van der Waals surface area contributed by atoms with Crippen molar-refractivity contribution in [3.8, 4) is 0 Å². The molecule has 23 heavy (non-hydrogen) atoms. The number of carbonyl (C=O) groups is 1. The molecule has 2 heteroatoms. The third kappa shape index (κ3) is 5.99. The molecule has 0 aliphatic carbocycles. The molecule has 2 nitrogen and oxygen atoms in total. The number of carbonyl (C=O) groups excluding carboxylic acids is 1. The highest BCUT2D eigenvalue weighted by atomic mass is 16.3. The summed E-state index contributed by atoms with van der Waals surface area (Å²) in [5.74, 6) is 0.245. The molecule has 2 rings (SSSR count). The summed E-state index contributed by atoms with van der Waals surface area (Å²) in [6, 6.07) is 19.9. The summed E-state index contributed by atoms with van der Waals surface area (Å²) < 4.78 is 0. The normalized spacial score (nSPS) is 13.5. The lowest BCUT2D eigenvalue weighted by molar-refractivity contribution is -0.120. The van der Waals surface area contributed by atoms with Crippen LogP contribution in [0.2, 0.25) is 0 Å². The molecular formula is C21H26O2. The van der Waals surface area contributed by atoms with Crippen molar-refractivity contribution in [1.82, 2.24) is 0 Å². The van der Waals surface area contributed by atoms with Crippen molar-refractivity contribution in [3.05, 3.63) is 71.8 Å². The Bertz CT molecular complexity index is 588. The van der Waals surface area contributed by atoms with Crippen molar-refractivity contribution in [3.63, 3.8) is 0 Å². The first-order valence-corrected chi connectivity index (χ1v) is 8.41. The smallest absolute Gasteiger partial charge is 0.133 e. The van der Waals surface area contributed by atoms with Gasteiger partial charge in [0.1, 0.15) is 5.78 Å². The summed E-state index contributed by atoms with van der Waals surface area (Å²) in [6.07, 6.45) is 4.50. The van der Waals surface area contributed by atoms with Crippen LogP contribution in [-0.2, 0) is 16.8 Å². The van der Waals surface area contributed by atoms with E-state index in [0.717, 1.165) is 24.8 Å². The molecule has 0 aliphatic heterocycles. The molecule has 0 spiro atoms. The lowest BCUT2D eigenvalue weighted by atomic mass is 9.89. The van der Waals surface area contributed by atoms with E-state index in [1.807, 2.05) is 48.5 Å². The van der Waals surface area contributed by atoms with Crippen LogP contribution >= 0.6 is 0 Å².